The number of aromatic nitrogens is 2. The van der Waals surface area contributed by atoms with Gasteiger partial charge in [-0.1, -0.05) is 6.07 Å². The third-order valence-electron chi connectivity index (χ3n) is 4.50. The van der Waals surface area contributed by atoms with Gasteiger partial charge >= 0.3 is 0 Å². The molecule has 2 aromatic rings. The first kappa shape index (κ1) is 19.2. The molecule has 8 heteroatoms. The van der Waals surface area contributed by atoms with Crippen LogP contribution in [0.2, 0.25) is 0 Å². The SMILES string of the molecule is COc1ccc(CNC(=O)C2(n3cccn3)CCNCC2)c(F)c1.Cl. The number of nitrogens with zero attached hydrogens (tertiary/aromatic N) is 2. The minimum Gasteiger partial charge on any atom is -0.497 e. The van der Waals surface area contributed by atoms with Crippen LogP contribution in [-0.2, 0) is 16.9 Å². The minimum absolute atomic E-state index is 0. The molecule has 3 rings (SSSR count). The molecule has 2 N–H and O–H groups in total. The van der Waals surface area contributed by atoms with Gasteiger partial charge in [0.05, 0.1) is 7.11 Å². The van der Waals surface area contributed by atoms with E-state index in [-0.39, 0.29) is 24.9 Å². The number of benzene rings is 1. The molecule has 1 aromatic heterocycles. The molecule has 0 spiro atoms. The number of halogens is 2. The Morgan fingerprint density at radius 2 is 2.20 bits per heavy atom. The molecule has 0 bridgehead atoms. The molecule has 1 aliphatic rings. The molecule has 0 radical (unpaired) electrons. The van der Waals surface area contributed by atoms with Crippen LogP contribution in [0.15, 0.2) is 36.7 Å². The second kappa shape index (κ2) is 8.31. The van der Waals surface area contributed by atoms with Crippen molar-refractivity contribution in [1.29, 1.82) is 0 Å². The number of hydrogen-bond acceptors (Lipinski definition) is 4. The molecule has 136 valence electrons. The van der Waals surface area contributed by atoms with E-state index in [1.54, 1.807) is 35.3 Å². The number of rotatable bonds is 5. The van der Waals surface area contributed by atoms with Gasteiger partial charge in [-0.05, 0) is 38.1 Å². The maximum atomic E-state index is 14.0. The zero-order valence-electron chi connectivity index (χ0n) is 14.0. The zero-order chi connectivity index (χ0) is 17.0. The van der Waals surface area contributed by atoms with Gasteiger partial charge in [0.25, 0.3) is 0 Å². The van der Waals surface area contributed by atoms with E-state index in [2.05, 4.69) is 15.7 Å². The lowest BCUT2D eigenvalue weighted by atomic mass is 9.87. The Morgan fingerprint density at radius 3 is 2.80 bits per heavy atom. The van der Waals surface area contributed by atoms with E-state index in [0.29, 0.717) is 24.2 Å². The quantitative estimate of drug-likeness (QED) is 0.845. The minimum atomic E-state index is -0.725. The first-order valence-electron chi connectivity index (χ1n) is 7.97. The van der Waals surface area contributed by atoms with Crippen LogP contribution in [0.3, 0.4) is 0 Å². The Labute approximate surface area is 152 Å². The summed E-state index contributed by atoms with van der Waals surface area (Å²) in [7, 11) is 1.49. The summed E-state index contributed by atoms with van der Waals surface area (Å²) < 4.78 is 20.7. The van der Waals surface area contributed by atoms with Crippen LogP contribution in [0.25, 0.3) is 0 Å². The van der Waals surface area contributed by atoms with E-state index in [4.69, 9.17) is 4.74 Å². The van der Waals surface area contributed by atoms with Gasteiger partial charge in [0.2, 0.25) is 5.91 Å². The number of nitrogens with one attached hydrogen (secondary N) is 2. The van der Waals surface area contributed by atoms with E-state index in [0.717, 1.165) is 13.1 Å². The predicted molar refractivity (Wildman–Crippen MR) is 94.4 cm³/mol. The summed E-state index contributed by atoms with van der Waals surface area (Å²) in [4.78, 5) is 12.9. The standard InChI is InChI=1S/C17H21FN4O2.ClH/c1-24-14-4-3-13(15(18)11-14)12-20-16(23)17(5-8-19-9-6-17)22-10-2-7-21-22;/h2-4,7,10-11,19H,5-6,8-9,12H2,1H3,(H,20,23);1H. The van der Waals surface area contributed by atoms with Gasteiger partial charge in [0.1, 0.15) is 17.1 Å². The van der Waals surface area contributed by atoms with Crippen molar-refractivity contribution < 1.29 is 13.9 Å². The largest absolute Gasteiger partial charge is 0.497 e. The average Bonchev–Trinajstić information content (AvgIpc) is 3.16. The Morgan fingerprint density at radius 1 is 1.44 bits per heavy atom. The Hall–Kier alpha value is -2.12. The predicted octanol–water partition coefficient (Wildman–Crippen LogP) is 1.85. The Bertz CT molecular complexity index is 703. The van der Waals surface area contributed by atoms with E-state index >= 15 is 0 Å². The summed E-state index contributed by atoms with van der Waals surface area (Å²) in [5, 5.41) is 10.4. The molecule has 0 unspecified atom stereocenters. The van der Waals surface area contributed by atoms with Crippen molar-refractivity contribution >= 4 is 18.3 Å². The third-order valence-corrected chi connectivity index (χ3v) is 4.50. The molecule has 1 saturated heterocycles. The highest BCUT2D eigenvalue weighted by Crippen LogP contribution is 2.27. The Kier molecular flexibility index (Phi) is 6.39. The molecular formula is C17H22ClFN4O2. The van der Waals surface area contributed by atoms with Crippen molar-refractivity contribution in [2.45, 2.75) is 24.9 Å². The van der Waals surface area contributed by atoms with Crippen LogP contribution in [0.5, 0.6) is 5.75 Å². The number of carbonyl (C=O) groups is 1. The van der Waals surface area contributed by atoms with Gasteiger partial charge in [-0.2, -0.15) is 5.10 Å². The number of methoxy groups -OCH3 is 1. The van der Waals surface area contributed by atoms with E-state index < -0.39 is 11.4 Å². The highest BCUT2D eigenvalue weighted by Gasteiger charge is 2.41. The number of carbonyl (C=O) groups excluding carboxylic acids is 1. The summed E-state index contributed by atoms with van der Waals surface area (Å²) in [6.07, 6.45) is 4.76. The molecule has 0 aliphatic carbocycles. The molecule has 0 saturated carbocycles. The van der Waals surface area contributed by atoms with Crippen LogP contribution >= 0.6 is 12.4 Å². The van der Waals surface area contributed by atoms with Crippen LogP contribution < -0.4 is 15.4 Å². The van der Waals surface area contributed by atoms with Gasteiger partial charge in [0, 0.05) is 30.6 Å². The molecule has 1 fully saturated rings. The molecule has 1 amide bonds. The zero-order valence-corrected chi connectivity index (χ0v) is 14.8. The van der Waals surface area contributed by atoms with Crippen molar-refractivity contribution in [3.05, 3.63) is 48.0 Å². The molecule has 25 heavy (non-hydrogen) atoms. The van der Waals surface area contributed by atoms with Crippen LogP contribution in [0.1, 0.15) is 18.4 Å². The smallest absolute Gasteiger partial charge is 0.248 e. The van der Waals surface area contributed by atoms with Gasteiger partial charge < -0.3 is 15.4 Å². The lowest BCUT2D eigenvalue weighted by Gasteiger charge is -2.36. The molecule has 0 atom stereocenters. The maximum absolute atomic E-state index is 14.0. The second-order valence-corrected chi connectivity index (χ2v) is 5.87. The fraction of sp³-hybridized carbons (Fsp3) is 0.412. The fourth-order valence-electron chi connectivity index (χ4n) is 3.06. The third kappa shape index (κ3) is 3.93. The lowest BCUT2D eigenvalue weighted by Crippen LogP contribution is -2.54. The highest BCUT2D eigenvalue weighted by molar-refractivity contribution is 5.85. The van der Waals surface area contributed by atoms with Gasteiger partial charge in [0.15, 0.2) is 0 Å². The normalized spacial score (nSPS) is 15.9. The number of hydrogen-bond donors (Lipinski definition) is 2. The van der Waals surface area contributed by atoms with Crippen molar-refractivity contribution in [1.82, 2.24) is 20.4 Å². The second-order valence-electron chi connectivity index (χ2n) is 5.87. The van der Waals surface area contributed by atoms with Gasteiger partial charge in [-0.25, -0.2) is 4.39 Å². The molecule has 6 nitrogen and oxygen atoms in total. The van der Waals surface area contributed by atoms with Crippen molar-refractivity contribution in [2.75, 3.05) is 20.2 Å². The van der Waals surface area contributed by atoms with E-state index in [1.165, 1.54) is 13.2 Å². The summed E-state index contributed by atoms with van der Waals surface area (Å²) >= 11 is 0. The summed E-state index contributed by atoms with van der Waals surface area (Å²) in [6.45, 7) is 1.61. The van der Waals surface area contributed by atoms with Crippen LogP contribution in [0.4, 0.5) is 4.39 Å². The molecule has 2 heterocycles. The lowest BCUT2D eigenvalue weighted by molar-refractivity contribution is -0.132. The highest BCUT2D eigenvalue weighted by atomic mass is 35.5. The first-order valence-corrected chi connectivity index (χ1v) is 7.97. The van der Waals surface area contributed by atoms with E-state index in [9.17, 15) is 9.18 Å². The van der Waals surface area contributed by atoms with Crippen LogP contribution in [0, 0.1) is 5.82 Å². The molecule has 1 aromatic carbocycles. The van der Waals surface area contributed by atoms with Gasteiger partial charge in [-0.3, -0.25) is 9.48 Å². The summed E-state index contributed by atoms with van der Waals surface area (Å²) in [5.41, 5.74) is -0.300. The monoisotopic (exact) mass is 368 g/mol. The summed E-state index contributed by atoms with van der Waals surface area (Å²) in [6, 6.07) is 6.42. The van der Waals surface area contributed by atoms with Crippen molar-refractivity contribution in [3.63, 3.8) is 0 Å². The fourth-order valence-corrected chi connectivity index (χ4v) is 3.06. The molecule has 1 aliphatic heterocycles. The van der Waals surface area contributed by atoms with Crippen LogP contribution in [-0.4, -0.2) is 35.9 Å². The summed E-state index contributed by atoms with van der Waals surface area (Å²) in [5.74, 6) is -0.0787. The number of amides is 1. The topological polar surface area (TPSA) is 68.2 Å². The average molecular weight is 369 g/mol. The molecular weight excluding hydrogens is 347 g/mol. The number of piperidine rings is 1. The van der Waals surface area contributed by atoms with E-state index in [1.807, 2.05) is 0 Å². The first-order chi connectivity index (χ1) is 11.7. The Balaban J connectivity index is 0.00000225. The maximum Gasteiger partial charge on any atom is 0.248 e. The van der Waals surface area contributed by atoms with Crippen molar-refractivity contribution in [2.24, 2.45) is 0 Å². The van der Waals surface area contributed by atoms with Crippen molar-refractivity contribution in [3.8, 4) is 5.75 Å². The van der Waals surface area contributed by atoms with Gasteiger partial charge in [-0.15, -0.1) is 12.4 Å². The number of ether oxygens (including phenoxy) is 1.